The Morgan fingerprint density at radius 2 is 1.85 bits per heavy atom. The second-order valence-electron chi connectivity index (χ2n) is 4.88. The van der Waals surface area contributed by atoms with Crippen molar-refractivity contribution in [3.8, 4) is 0 Å². The number of rotatable bonds is 7. The molecule has 0 radical (unpaired) electrons. The third-order valence-corrected chi connectivity index (χ3v) is 6.11. The monoisotopic (exact) mass is 311 g/mol. The van der Waals surface area contributed by atoms with Crippen molar-refractivity contribution in [2.45, 2.75) is 35.8 Å². The zero-order valence-electron chi connectivity index (χ0n) is 11.5. The maximum absolute atomic E-state index is 11.9. The Kier molecular flexibility index (Phi) is 6.13. The van der Waals surface area contributed by atoms with Gasteiger partial charge in [0.05, 0.1) is 4.90 Å². The van der Waals surface area contributed by atoms with E-state index < -0.39 is 10.0 Å². The molecule has 1 aromatic carbocycles. The summed E-state index contributed by atoms with van der Waals surface area (Å²) in [5.41, 5.74) is 0. The van der Waals surface area contributed by atoms with Crippen LogP contribution >= 0.6 is 11.8 Å². The summed E-state index contributed by atoms with van der Waals surface area (Å²) in [5, 5.41) is 0.806. The fraction of sp³-hybridized carbons (Fsp3) is 0.467. The van der Waals surface area contributed by atoms with E-state index in [2.05, 4.69) is 10.8 Å². The minimum absolute atomic E-state index is 0.314. The van der Waals surface area contributed by atoms with Crippen LogP contribution in [0.15, 0.2) is 47.4 Å². The van der Waals surface area contributed by atoms with E-state index in [1.165, 1.54) is 25.7 Å². The molecule has 1 aromatic rings. The number of sulfonamides is 1. The van der Waals surface area contributed by atoms with Crippen molar-refractivity contribution in [3.05, 3.63) is 42.5 Å². The van der Waals surface area contributed by atoms with Crippen LogP contribution in [0.1, 0.15) is 25.7 Å². The highest BCUT2D eigenvalue weighted by atomic mass is 32.2. The highest BCUT2D eigenvalue weighted by Gasteiger charge is 2.14. The summed E-state index contributed by atoms with van der Waals surface area (Å²) < 4.78 is 26.4. The lowest BCUT2D eigenvalue weighted by atomic mass is 10.4. The maximum atomic E-state index is 11.9. The molecule has 1 fully saturated rings. The number of hydrogen-bond acceptors (Lipinski definition) is 3. The minimum Gasteiger partial charge on any atom is -0.207 e. The molecule has 3 nitrogen and oxygen atoms in total. The molecule has 0 unspecified atom stereocenters. The first-order chi connectivity index (χ1) is 9.68. The van der Waals surface area contributed by atoms with Crippen molar-refractivity contribution in [1.29, 1.82) is 0 Å². The standard InChI is InChI=1S/C15H21NO2S2/c17-20(18,15-10-2-1-3-11-15)16-12-6-7-13-19-14-8-4-5-9-14/h1-3,6-7,10-11,14,16H,4-5,8-9,12-13H2/b7-6-. The Morgan fingerprint density at radius 3 is 2.55 bits per heavy atom. The minimum atomic E-state index is -3.37. The van der Waals surface area contributed by atoms with Gasteiger partial charge >= 0.3 is 0 Å². The summed E-state index contributed by atoms with van der Waals surface area (Å²) in [5.74, 6) is 0.970. The van der Waals surface area contributed by atoms with E-state index in [-0.39, 0.29) is 0 Å². The third-order valence-electron chi connectivity index (χ3n) is 3.34. The van der Waals surface area contributed by atoms with Crippen LogP contribution in [0, 0.1) is 0 Å². The zero-order chi connectivity index (χ0) is 14.3. The van der Waals surface area contributed by atoms with E-state index in [1.807, 2.05) is 17.8 Å². The second kappa shape index (κ2) is 7.86. The van der Waals surface area contributed by atoms with Crippen molar-refractivity contribution in [1.82, 2.24) is 4.72 Å². The number of nitrogens with one attached hydrogen (secondary N) is 1. The third kappa shape index (κ3) is 4.96. The van der Waals surface area contributed by atoms with Crippen molar-refractivity contribution < 1.29 is 8.42 Å². The van der Waals surface area contributed by atoms with Crippen LogP contribution in [-0.2, 0) is 10.0 Å². The Balaban J connectivity index is 1.69. The highest BCUT2D eigenvalue weighted by Crippen LogP contribution is 2.29. The largest absolute Gasteiger partial charge is 0.240 e. The molecule has 0 aromatic heterocycles. The van der Waals surface area contributed by atoms with E-state index in [1.54, 1.807) is 30.3 Å². The lowest BCUT2D eigenvalue weighted by molar-refractivity contribution is 0.585. The van der Waals surface area contributed by atoms with Crippen LogP contribution in [0.3, 0.4) is 0 Å². The molecule has 1 N–H and O–H groups in total. The molecule has 110 valence electrons. The molecular formula is C15H21NO2S2. The molecule has 2 rings (SSSR count). The zero-order valence-corrected chi connectivity index (χ0v) is 13.1. The van der Waals surface area contributed by atoms with Gasteiger partial charge in [-0.3, -0.25) is 0 Å². The Morgan fingerprint density at radius 1 is 1.15 bits per heavy atom. The molecule has 20 heavy (non-hydrogen) atoms. The smallest absolute Gasteiger partial charge is 0.207 e. The molecule has 1 aliphatic rings. The summed E-state index contributed by atoms with van der Waals surface area (Å²) in [6.45, 7) is 0.350. The quantitative estimate of drug-likeness (QED) is 0.787. The van der Waals surface area contributed by atoms with Crippen LogP contribution < -0.4 is 4.72 Å². The summed E-state index contributed by atoms with van der Waals surface area (Å²) in [6, 6.07) is 8.45. The summed E-state index contributed by atoms with van der Waals surface area (Å²) in [4.78, 5) is 0.314. The topological polar surface area (TPSA) is 46.2 Å². The van der Waals surface area contributed by atoms with Gasteiger partial charge in [-0.25, -0.2) is 13.1 Å². The van der Waals surface area contributed by atoms with Crippen molar-refractivity contribution >= 4 is 21.8 Å². The fourth-order valence-electron chi connectivity index (χ4n) is 2.24. The first kappa shape index (κ1) is 15.6. The van der Waals surface area contributed by atoms with Gasteiger partial charge in [0, 0.05) is 17.5 Å². The first-order valence-corrected chi connectivity index (χ1v) is 9.53. The number of benzene rings is 1. The van der Waals surface area contributed by atoms with Gasteiger partial charge in [-0.2, -0.15) is 11.8 Å². The molecule has 0 amide bonds. The average molecular weight is 311 g/mol. The molecule has 0 aliphatic heterocycles. The van der Waals surface area contributed by atoms with Gasteiger partial charge in [0.15, 0.2) is 0 Å². The molecular weight excluding hydrogens is 290 g/mol. The lowest BCUT2D eigenvalue weighted by Gasteiger charge is -2.05. The highest BCUT2D eigenvalue weighted by molar-refractivity contribution is 8.00. The van der Waals surface area contributed by atoms with Gasteiger partial charge in [-0.05, 0) is 25.0 Å². The van der Waals surface area contributed by atoms with Gasteiger partial charge in [-0.15, -0.1) is 0 Å². The molecule has 1 aliphatic carbocycles. The van der Waals surface area contributed by atoms with E-state index in [0.717, 1.165) is 11.0 Å². The lowest BCUT2D eigenvalue weighted by Crippen LogP contribution is -2.23. The molecule has 0 heterocycles. The Bertz CT molecular complexity index is 520. The van der Waals surface area contributed by atoms with Gasteiger partial charge in [-0.1, -0.05) is 43.2 Å². The summed E-state index contributed by atoms with van der Waals surface area (Å²) in [6.07, 6.45) is 9.33. The first-order valence-electron chi connectivity index (χ1n) is 7.00. The van der Waals surface area contributed by atoms with Crippen LogP contribution in [0.5, 0.6) is 0 Å². The van der Waals surface area contributed by atoms with Crippen molar-refractivity contribution in [2.75, 3.05) is 12.3 Å². The molecule has 0 saturated heterocycles. The van der Waals surface area contributed by atoms with E-state index in [4.69, 9.17) is 0 Å². The molecule has 1 saturated carbocycles. The van der Waals surface area contributed by atoms with E-state index in [0.29, 0.717) is 11.4 Å². The fourth-order valence-corrected chi connectivity index (χ4v) is 4.42. The van der Waals surface area contributed by atoms with E-state index in [9.17, 15) is 8.42 Å². The van der Waals surface area contributed by atoms with Crippen LogP contribution in [-0.4, -0.2) is 26.0 Å². The van der Waals surface area contributed by atoms with Gasteiger partial charge in [0.25, 0.3) is 0 Å². The van der Waals surface area contributed by atoms with Gasteiger partial charge in [0.1, 0.15) is 0 Å². The Labute approximate surface area is 125 Å². The predicted molar refractivity (Wildman–Crippen MR) is 85.5 cm³/mol. The summed E-state index contributed by atoms with van der Waals surface area (Å²) in [7, 11) is -3.37. The van der Waals surface area contributed by atoms with Crippen LogP contribution in [0.4, 0.5) is 0 Å². The molecule has 0 atom stereocenters. The normalized spacial score (nSPS) is 17.0. The van der Waals surface area contributed by atoms with Gasteiger partial charge < -0.3 is 0 Å². The van der Waals surface area contributed by atoms with Gasteiger partial charge in [0.2, 0.25) is 10.0 Å². The SMILES string of the molecule is O=S(=O)(NC/C=C\CSC1CCCC1)c1ccccc1. The average Bonchev–Trinajstić information content (AvgIpc) is 2.97. The van der Waals surface area contributed by atoms with Crippen molar-refractivity contribution in [2.24, 2.45) is 0 Å². The predicted octanol–water partition coefficient (Wildman–Crippen LogP) is 3.20. The molecule has 0 spiro atoms. The second-order valence-corrected chi connectivity index (χ2v) is 7.98. The summed E-state index contributed by atoms with van der Waals surface area (Å²) >= 11 is 1.97. The Hall–Kier alpha value is -0.780. The van der Waals surface area contributed by atoms with Crippen molar-refractivity contribution in [3.63, 3.8) is 0 Å². The van der Waals surface area contributed by atoms with Crippen LogP contribution in [0.2, 0.25) is 0 Å². The van der Waals surface area contributed by atoms with E-state index >= 15 is 0 Å². The number of hydrogen-bond donors (Lipinski definition) is 1. The van der Waals surface area contributed by atoms with Crippen LogP contribution in [0.25, 0.3) is 0 Å². The maximum Gasteiger partial charge on any atom is 0.240 e. The molecule has 5 heteroatoms. The number of thioether (sulfide) groups is 1. The molecule has 0 bridgehead atoms.